The van der Waals surface area contributed by atoms with Crippen molar-refractivity contribution < 1.29 is 17.9 Å². The molecule has 4 rings (SSSR count). The van der Waals surface area contributed by atoms with E-state index in [1.807, 2.05) is 23.1 Å². The zero-order valence-corrected chi connectivity index (χ0v) is 18.3. The minimum atomic E-state index is -3.65. The van der Waals surface area contributed by atoms with Crippen LogP contribution in [0, 0.1) is 5.92 Å². The molecule has 2 aromatic rings. The van der Waals surface area contributed by atoms with Crippen LogP contribution in [0.5, 0.6) is 5.75 Å². The fourth-order valence-corrected chi connectivity index (χ4v) is 5.98. The number of rotatable bonds is 4. The summed E-state index contributed by atoms with van der Waals surface area (Å²) in [6, 6.07) is 14.4. The van der Waals surface area contributed by atoms with Crippen molar-refractivity contribution in [2.24, 2.45) is 5.92 Å². The number of ether oxygens (including phenoxy) is 1. The van der Waals surface area contributed by atoms with Crippen molar-refractivity contribution in [2.75, 3.05) is 31.6 Å². The standard InChI is InChI=1S/C23H28N2O4S/c1-17-13-15-25(22-8-4-3-7-21(17)22)23(26)18-6-5-14-24(16-18)30(27,28)20-11-9-19(29-2)10-12-20/h3-4,7-12,17-18H,5-6,13-16H2,1-2H3. The van der Waals surface area contributed by atoms with E-state index in [0.29, 0.717) is 37.6 Å². The Labute approximate surface area is 178 Å². The number of fused-ring (bicyclic) bond motifs is 1. The van der Waals surface area contributed by atoms with Crippen molar-refractivity contribution >= 4 is 21.6 Å². The van der Waals surface area contributed by atoms with Crippen molar-refractivity contribution in [3.05, 3.63) is 54.1 Å². The fraction of sp³-hybridized carbons (Fsp3) is 0.435. The molecule has 2 aromatic carbocycles. The fourth-order valence-electron chi connectivity index (χ4n) is 4.46. The Morgan fingerprint density at radius 3 is 2.50 bits per heavy atom. The average molecular weight is 429 g/mol. The SMILES string of the molecule is COc1ccc(S(=O)(=O)N2CCCC(C(=O)N3CCC(C)c4ccccc43)C2)cc1. The largest absolute Gasteiger partial charge is 0.497 e. The molecular formula is C23H28N2O4S. The van der Waals surface area contributed by atoms with Crippen LogP contribution < -0.4 is 9.64 Å². The van der Waals surface area contributed by atoms with Gasteiger partial charge in [-0.2, -0.15) is 4.31 Å². The molecule has 160 valence electrons. The topological polar surface area (TPSA) is 66.9 Å². The van der Waals surface area contributed by atoms with Crippen molar-refractivity contribution in [1.29, 1.82) is 0 Å². The molecular weight excluding hydrogens is 400 g/mol. The van der Waals surface area contributed by atoms with Crippen molar-refractivity contribution in [1.82, 2.24) is 4.31 Å². The van der Waals surface area contributed by atoms with Gasteiger partial charge in [-0.1, -0.05) is 25.1 Å². The molecule has 1 saturated heterocycles. The zero-order valence-electron chi connectivity index (χ0n) is 17.5. The molecule has 2 aliphatic heterocycles. The van der Waals surface area contributed by atoms with Gasteiger partial charge in [-0.3, -0.25) is 4.79 Å². The summed E-state index contributed by atoms with van der Waals surface area (Å²) < 4.78 is 32.8. The molecule has 2 atom stereocenters. The number of benzene rings is 2. The lowest BCUT2D eigenvalue weighted by atomic mass is 9.89. The molecule has 30 heavy (non-hydrogen) atoms. The molecule has 0 aromatic heterocycles. The predicted octanol–water partition coefficient (Wildman–Crippen LogP) is 3.64. The van der Waals surface area contributed by atoms with Crippen LogP contribution in [0.4, 0.5) is 5.69 Å². The second-order valence-electron chi connectivity index (χ2n) is 8.12. The van der Waals surface area contributed by atoms with E-state index in [9.17, 15) is 13.2 Å². The third-order valence-corrected chi connectivity index (χ3v) is 8.12. The Hall–Kier alpha value is -2.38. The summed E-state index contributed by atoms with van der Waals surface area (Å²) in [5.74, 6) is 0.736. The zero-order chi connectivity index (χ0) is 21.3. The highest BCUT2D eigenvalue weighted by molar-refractivity contribution is 7.89. The Kier molecular flexibility index (Phi) is 5.84. The quantitative estimate of drug-likeness (QED) is 0.746. The lowest BCUT2D eigenvalue weighted by molar-refractivity contribution is -0.123. The van der Waals surface area contributed by atoms with E-state index in [1.54, 1.807) is 31.4 Å². The van der Waals surface area contributed by atoms with Crippen molar-refractivity contribution in [2.45, 2.75) is 37.0 Å². The first-order valence-electron chi connectivity index (χ1n) is 10.5. The van der Waals surface area contributed by atoms with Crippen LogP contribution in [-0.2, 0) is 14.8 Å². The summed E-state index contributed by atoms with van der Waals surface area (Å²) in [7, 11) is -2.10. The van der Waals surface area contributed by atoms with Gasteiger partial charge in [0.05, 0.1) is 17.9 Å². The number of carbonyl (C=O) groups excluding carboxylic acids is 1. The second kappa shape index (κ2) is 8.40. The summed E-state index contributed by atoms with van der Waals surface area (Å²) in [6.45, 7) is 3.52. The lowest BCUT2D eigenvalue weighted by Crippen LogP contribution is -2.48. The van der Waals surface area contributed by atoms with E-state index in [-0.39, 0.29) is 23.3 Å². The van der Waals surface area contributed by atoms with Crippen LogP contribution in [0.1, 0.15) is 37.7 Å². The van der Waals surface area contributed by atoms with Crippen molar-refractivity contribution in [3.8, 4) is 5.75 Å². The molecule has 2 aliphatic rings. The van der Waals surface area contributed by atoms with Crippen molar-refractivity contribution in [3.63, 3.8) is 0 Å². The monoisotopic (exact) mass is 428 g/mol. The molecule has 0 bridgehead atoms. The summed E-state index contributed by atoms with van der Waals surface area (Å²) in [5.41, 5.74) is 2.16. The molecule has 1 fully saturated rings. The van der Waals surface area contributed by atoms with E-state index in [2.05, 4.69) is 13.0 Å². The van der Waals surface area contributed by atoms with Crippen LogP contribution in [-0.4, -0.2) is 45.4 Å². The summed E-state index contributed by atoms with van der Waals surface area (Å²) in [4.78, 5) is 15.5. The van der Waals surface area contributed by atoms with E-state index in [0.717, 1.165) is 12.1 Å². The van der Waals surface area contributed by atoms with Crippen LogP contribution in [0.2, 0.25) is 0 Å². The van der Waals surface area contributed by atoms with Crippen LogP contribution >= 0.6 is 0 Å². The van der Waals surface area contributed by atoms with Gasteiger partial charge in [-0.15, -0.1) is 0 Å². The maximum atomic E-state index is 13.4. The summed E-state index contributed by atoms with van der Waals surface area (Å²) in [5, 5.41) is 0. The number of nitrogens with zero attached hydrogens (tertiary/aromatic N) is 2. The number of sulfonamides is 1. The number of anilines is 1. The molecule has 0 radical (unpaired) electrons. The molecule has 0 saturated carbocycles. The van der Waals surface area contributed by atoms with Gasteiger partial charge in [0.1, 0.15) is 5.75 Å². The van der Waals surface area contributed by atoms with Gasteiger partial charge in [0, 0.05) is 25.3 Å². The Morgan fingerprint density at radius 2 is 1.77 bits per heavy atom. The third kappa shape index (κ3) is 3.84. The maximum absolute atomic E-state index is 13.4. The molecule has 0 spiro atoms. The molecule has 1 amide bonds. The number of hydrogen-bond donors (Lipinski definition) is 0. The summed E-state index contributed by atoms with van der Waals surface area (Å²) in [6.07, 6.45) is 2.31. The van der Waals surface area contributed by atoms with Crippen LogP contribution in [0.25, 0.3) is 0 Å². The lowest BCUT2D eigenvalue weighted by Gasteiger charge is -2.38. The second-order valence-corrected chi connectivity index (χ2v) is 10.1. The third-order valence-electron chi connectivity index (χ3n) is 6.24. The normalized spacial score (nSPS) is 22.4. The summed E-state index contributed by atoms with van der Waals surface area (Å²) >= 11 is 0. The highest BCUT2D eigenvalue weighted by Gasteiger charge is 2.37. The van der Waals surface area contributed by atoms with E-state index in [1.165, 1.54) is 9.87 Å². The Bertz CT molecular complexity index is 1020. The first-order valence-corrected chi connectivity index (χ1v) is 11.9. The highest BCUT2D eigenvalue weighted by atomic mass is 32.2. The first kappa shape index (κ1) is 20.9. The average Bonchev–Trinajstić information content (AvgIpc) is 2.79. The minimum Gasteiger partial charge on any atom is -0.497 e. The molecule has 0 N–H and O–H groups in total. The number of carbonyl (C=O) groups is 1. The molecule has 2 heterocycles. The first-order chi connectivity index (χ1) is 14.4. The van der Waals surface area contributed by atoms with Gasteiger partial charge in [0.2, 0.25) is 15.9 Å². The Morgan fingerprint density at radius 1 is 1.03 bits per heavy atom. The van der Waals surface area contributed by atoms with Gasteiger partial charge in [0.15, 0.2) is 0 Å². The van der Waals surface area contributed by atoms with Gasteiger partial charge in [-0.25, -0.2) is 8.42 Å². The Balaban J connectivity index is 1.54. The van der Waals surface area contributed by atoms with E-state index >= 15 is 0 Å². The molecule has 6 nitrogen and oxygen atoms in total. The number of methoxy groups -OCH3 is 1. The predicted molar refractivity (Wildman–Crippen MR) is 116 cm³/mol. The molecule has 7 heteroatoms. The van der Waals surface area contributed by atoms with E-state index in [4.69, 9.17) is 4.74 Å². The smallest absolute Gasteiger partial charge is 0.243 e. The van der Waals surface area contributed by atoms with Crippen LogP contribution in [0.15, 0.2) is 53.4 Å². The molecule has 0 aliphatic carbocycles. The van der Waals surface area contributed by atoms with E-state index < -0.39 is 10.0 Å². The van der Waals surface area contributed by atoms with Gasteiger partial charge in [0.25, 0.3) is 0 Å². The van der Waals surface area contributed by atoms with Gasteiger partial charge in [-0.05, 0) is 61.1 Å². The molecule has 2 unspecified atom stereocenters. The number of para-hydroxylation sites is 1. The van der Waals surface area contributed by atoms with Gasteiger partial charge < -0.3 is 9.64 Å². The maximum Gasteiger partial charge on any atom is 0.243 e. The number of hydrogen-bond acceptors (Lipinski definition) is 4. The van der Waals surface area contributed by atoms with Crippen LogP contribution in [0.3, 0.4) is 0 Å². The van der Waals surface area contributed by atoms with Gasteiger partial charge >= 0.3 is 0 Å². The number of piperidine rings is 1. The highest BCUT2D eigenvalue weighted by Crippen LogP contribution is 2.36. The number of amides is 1. The minimum absolute atomic E-state index is 0.0315.